The Morgan fingerprint density at radius 2 is 1.78 bits per heavy atom. The number of likely N-dealkylation sites (N-methyl/N-ethyl adjacent to an activating group) is 1. The van der Waals surface area contributed by atoms with Crippen LogP contribution in [0.3, 0.4) is 0 Å². The molecular weight excluding hydrogens is 286 g/mol. The van der Waals surface area contributed by atoms with E-state index < -0.39 is 0 Å². The van der Waals surface area contributed by atoms with Crippen LogP contribution < -0.4 is 5.32 Å². The third kappa shape index (κ3) is 4.89. The van der Waals surface area contributed by atoms with Crippen molar-refractivity contribution in [2.24, 2.45) is 0 Å². The molecule has 23 heavy (non-hydrogen) atoms. The van der Waals surface area contributed by atoms with Crippen molar-refractivity contribution in [2.45, 2.75) is 26.3 Å². The Balaban J connectivity index is 2.02. The Hall–Kier alpha value is -2.20. The van der Waals surface area contributed by atoms with Gasteiger partial charge in [0.25, 0.3) is 0 Å². The maximum atomic E-state index is 12.7. The molecule has 1 aromatic heterocycles. The zero-order valence-electron chi connectivity index (χ0n) is 13.9. The van der Waals surface area contributed by atoms with E-state index in [-0.39, 0.29) is 11.9 Å². The van der Waals surface area contributed by atoms with Gasteiger partial charge in [0.05, 0.1) is 0 Å². The molecule has 4 heteroatoms. The number of nitrogens with one attached hydrogen (secondary N) is 1. The summed E-state index contributed by atoms with van der Waals surface area (Å²) in [5.74, 6) is 0.0517. The molecule has 0 fully saturated rings. The standard InChI is InChI=1S/C19H25N3O/c1-3-22(4-2)18(16-10-6-5-7-11-16)19(23)21-15-13-17-12-8-9-14-20-17/h5-12,14,18H,3-4,13,15H2,1-2H3,(H,21,23). The van der Waals surface area contributed by atoms with Gasteiger partial charge in [-0.3, -0.25) is 14.7 Å². The molecular formula is C19H25N3O. The number of amides is 1. The molecule has 0 saturated carbocycles. The van der Waals surface area contributed by atoms with Gasteiger partial charge in [-0.1, -0.05) is 50.2 Å². The van der Waals surface area contributed by atoms with Crippen molar-refractivity contribution in [1.82, 2.24) is 15.2 Å². The molecule has 0 radical (unpaired) electrons. The first-order chi connectivity index (χ1) is 11.3. The van der Waals surface area contributed by atoms with Crippen LogP contribution in [-0.2, 0) is 11.2 Å². The second kappa shape index (κ2) is 9.06. The number of carbonyl (C=O) groups excluding carboxylic acids is 1. The molecule has 0 aliphatic heterocycles. The molecule has 0 spiro atoms. The molecule has 2 rings (SSSR count). The monoisotopic (exact) mass is 311 g/mol. The maximum Gasteiger partial charge on any atom is 0.241 e. The fraction of sp³-hybridized carbons (Fsp3) is 0.368. The predicted molar refractivity (Wildman–Crippen MR) is 93.1 cm³/mol. The molecule has 1 atom stereocenters. The first-order valence-electron chi connectivity index (χ1n) is 8.22. The van der Waals surface area contributed by atoms with Crippen LogP contribution >= 0.6 is 0 Å². The molecule has 0 bridgehead atoms. The SMILES string of the molecule is CCN(CC)C(C(=O)NCCc1ccccn1)c1ccccc1. The van der Waals surface area contributed by atoms with E-state index in [2.05, 4.69) is 29.0 Å². The minimum atomic E-state index is -0.241. The topological polar surface area (TPSA) is 45.2 Å². The van der Waals surface area contributed by atoms with E-state index in [4.69, 9.17) is 0 Å². The summed E-state index contributed by atoms with van der Waals surface area (Å²) in [4.78, 5) is 19.2. The zero-order valence-corrected chi connectivity index (χ0v) is 13.9. The highest BCUT2D eigenvalue weighted by Crippen LogP contribution is 2.20. The van der Waals surface area contributed by atoms with Crippen LogP contribution in [0.5, 0.6) is 0 Å². The minimum absolute atomic E-state index is 0.0517. The molecule has 4 nitrogen and oxygen atoms in total. The number of hydrogen-bond acceptors (Lipinski definition) is 3. The van der Waals surface area contributed by atoms with Crippen LogP contribution in [0.2, 0.25) is 0 Å². The van der Waals surface area contributed by atoms with E-state index in [0.717, 1.165) is 30.8 Å². The Morgan fingerprint density at radius 1 is 1.09 bits per heavy atom. The fourth-order valence-electron chi connectivity index (χ4n) is 2.71. The lowest BCUT2D eigenvalue weighted by Crippen LogP contribution is -2.41. The summed E-state index contributed by atoms with van der Waals surface area (Å²) in [6, 6.07) is 15.6. The van der Waals surface area contributed by atoms with Crippen LogP contribution in [-0.4, -0.2) is 35.4 Å². The van der Waals surface area contributed by atoms with Crippen LogP contribution in [0.15, 0.2) is 54.7 Å². The third-order valence-electron chi connectivity index (χ3n) is 3.95. The summed E-state index contributed by atoms with van der Waals surface area (Å²) >= 11 is 0. The number of benzene rings is 1. The van der Waals surface area contributed by atoms with Gasteiger partial charge in [0, 0.05) is 24.9 Å². The average molecular weight is 311 g/mol. The fourth-order valence-corrected chi connectivity index (χ4v) is 2.71. The van der Waals surface area contributed by atoms with Gasteiger partial charge in [0.15, 0.2) is 0 Å². The lowest BCUT2D eigenvalue weighted by Gasteiger charge is -2.29. The Bertz CT molecular complexity index is 582. The molecule has 0 aliphatic carbocycles. The van der Waals surface area contributed by atoms with Crippen LogP contribution in [0.25, 0.3) is 0 Å². The van der Waals surface area contributed by atoms with Gasteiger partial charge in [-0.25, -0.2) is 0 Å². The molecule has 0 saturated heterocycles. The van der Waals surface area contributed by atoms with E-state index in [9.17, 15) is 4.79 Å². The van der Waals surface area contributed by atoms with E-state index in [1.165, 1.54) is 0 Å². The minimum Gasteiger partial charge on any atom is -0.354 e. The summed E-state index contributed by atoms with van der Waals surface area (Å²) in [7, 11) is 0. The summed E-state index contributed by atoms with van der Waals surface area (Å²) in [6.45, 7) is 6.44. The van der Waals surface area contributed by atoms with Crippen molar-refractivity contribution in [3.05, 3.63) is 66.0 Å². The number of pyridine rings is 1. The van der Waals surface area contributed by atoms with Crippen molar-refractivity contribution >= 4 is 5.91 Å². The molecule has 1 N–H and O–H groups in total. The highest BCUT2D eigenvalue weighted by molar-refractivity contribution is 5.83. The summed E-state index contributed by atoms with van der Waals surface area (Å²) in [5.41, 5.74) is 2.03. The van der Waals surface area contributed by atoms with Gasteiger partial charge in [-0.15, -0.1) is 0 Å². The highest BCUT2D eigenvalue weighted by Gasteiger charge is 2.25. The first-order valence-corrected chi connectivity index (χ1v) is 8.22. The van der Waals surface area contributed by atoms with Crippen LogP contribution in [0.4, 0.5) is 0 Å². The van der Waals surface area contributed by atoms with Gasteiger partial charge >= 0.3 is 0 Å². The smallest absolute Gasteiger partial charge is 0.241 e. The van der Waals surface area contributed by atoms with E-state index >= 15 is 0 Å². The number of nitrogens with zero attached hydrogens (tertiary/aromatic N) is 2. The lowest BCUT2D eigenvalue weighted by atomic mass is 10.0. The highest BCUT2D eigenvalue weighted by atomic mass is 16.2. The lowest BCUT2D eigenvalue weighted by molar-refractivity contribution is -0.126. The number of rotatable bonds is 8. The largest absolute Gasteiger partial charge is 0.354 e. The zero-order chi connectivity index (χ0) is 16.5. The maximum absolute atomic E-state index is 12.7. The van der Waals surface area contributed by atoms with Gasteiger partial charge < -0.3 is 5.32 Å². The normalized spacial score (nSPS) is 12.1. The second-order valence-electron chi connectivity index (χ2n) is 5.40. The molecule has 1 amide bonds. The third-order valence-corrected chi connectivity index (χ3v) is 3.95. The number of carbonyl (C=O) groups is 1. The van der Waals surface area contributed by atoms with Crippen molar-refractivity contribution in [1.29, 1.82) is 0 Å². The quantitative estimate of drug-likeness (QED) is 0.815. The predicted octanol–water partition coefficient (Wildman–Crippen LogP) is 2.82. The van der Waals surface area contributed by atoms with Crippen molar-refractivity contribution < 1.29 is 4.79 Å². The van der Waals surface area contributed by atoms with Crippen LogP contribution in [0, 0.1) is 0 Å². The molecule has 1 heterocycles. The number of aromatic nitrogens is 1. The first kappa shape index (κ1) is 17.2. The van der Waals surface area contributed by atoms with Crippen LogP contribution in [0.1, 0.15) is 31.1 Å². The van der Waals surface area contributed by atoms with E-state index in [0.29, 0.717) is 6.54 Å². The van der Waals surface area contributed by atoms with Gasteiger partial charge in [0.2, 0.25) is 5.91 Å². The Morgan fingerprint density at radius 3 is 2.39 bits per heavy atom. The van der Waals surface area contributed by atoms with Crippen molar-refractivity contribution in [3.8, 4) is 0 Å². The Labute approximate surface area is 138 Å². The molecule has 1 unspecified atom stereocenters. The van der Waals surface area contributed by atoms with Crippen molar-refractivity contribution in [2.75, 3.05) is 19.6 Å². The van der Waals surface area contributed by atoms with Gasteiger partial charge in [0.1, 0.15) is 6.04 Å². The van der Waals surface area contributed by atoms with E-state index in [1.54, 1.807) is 6.20 Å². The number of hydrogen-bond donors (Lipinski definition) is 1. The molecule has 0 aliphatic rings. The Kier molecular flexibility index (Phi) is 6.76. The molecule has 122 valence electrons. The van der Waals surface area contributed by atoms with Gasteiger partial charge in [-0.2, -0.15) is 0 Å². The average Bonchev–Trinajstić information content (AvgIpc) is 2.61. The second-order valence-corrected chi connectivity index (χ2v) is 5.40. The molecule has 2 aromatic rings. The summed E-state index contributed by atoms with van der Waals surface area (Å²) in [6.07, 6.45) is 2.52. The van der Waals surface area contributed by atoms with Gasteiger partial charge in [-0.05, 0) is 30.8 Å². The molecule has 1 aromatic carbocycles. The summed E-state index contributed by atoms with van der Waals surface area (Å²) < 4.78 is 0. The summed E-state index contributed by atoms with van der Waals surface area (Å²) in [5, 5.41) is 3.06. The van der Waals surface area contributed by atoms with Crippen molar-refractivity contribution in [3.63, 3.8) is 0 Å². The van der Waals surface area contributed by atoms with E-state index in [1.807, 2.05) is 48.5 Å².